The number of Topliss-reactive ketones (excluding diaryl/α,β-unsaturated/α-hetero) is 1. The zero-order valence-corrected chi connectivity index (χ0v) is 12.0. The van der Waals surface area contributed by atoms with Crippen LogP contribution in [0.2, 0.25) is 0 Å². The van der Waals surface area contributed by atoms with Crippen LogP contribution in [-0.4, -0.2) is 26.0 Å². The number of hydrogen-bond acceptors (Lipinski definition) is 3. The molecule has 0 bridgehead atoms. The minimum atomic E-state index is 0.248. The maximum absolute atomic E-state index is 12.3. The van der Waals surface area contributed by atoms with Crippen LogP contribution in [0.15, 0.2) is 18.2 Å². The number of nitrogens with one attached hydrogen (secondary N) is 1. The van der Waals surface area contributed by atoms with Crippen molar-refractivity contribution in [2.24, 2.45) is 5.92 Å². The summed E-state index contributed by atoms with van der Waals surface area (Å²) in [5.41, 5.74) is 1.93. The van der Waals surface area contributed by atoms with Crippen LogP contribution in [0, 0.1) is 5.92 Å². The Labute approximate surface area is 115 Å². The number of hydrogen-bond donors (Lipinski definition) is 1. The van der Waals surface area contributed by atoms with Gasteiger partial charge >= 0.3 is 0 Å². The third-order valence-corrected chi connectivity index (χ3v) is 3.81. The molecule has 104 valence electrons. The third kappa shape index (κ3) is 3.35. The van der Waals surface area contributed by atoms with Gasteiger partial charge in [-0.3, -0.25) is 4.79 Å². The van der Waals surface area contributed by atoms with Crippen LogP contribution in [0.25, 0.3) is 0 Å². The fourth-order valence-corrected chi connectivity index (χ4v) is 2.63. The van der Waals surface area contributed by atoms with Gasteiger partial charge in [-0.2, -0.15) is 0 Å². The first-order valence-electron chi connectivity index (χ1n) is 7.03. The second-order valence-corrected chi connectivity index (χ2v) is 5.60. The van der Waals surface area contributed by atoms with E-state index >= 15 is 0 Å². The Hall–Kier alpha value is -1.35. The van der Waals surface area contributed by atoms with Gasteiger partial charge in [0, 0.05) is 12.0 Å². The minimum Gasteiger partial charge on any atom is -0.496 e. The van der Waals surface area contributed by atoms with Gasteiger partial charge in [-0.15, -0.1) is 0 Å². The first kappa shape index (κ1) is 14.1. The van der Waals surface area contributed by atoms with Crippen molar-refractivity contribution in [3.8, 4) is 5.75 Å². The highest BCUT2D eigenvalue weighted by Gasteiger charge is 2.20. The Kier molecular flexibility index (Phi) is 4.59. The molecule has 1 saturated heterocycles. The van der Waals surface area contributed by atoms with E-state index in [1.165, 1.54) is 0 Å². The van der Waals surface area contributed by atoms with Gasteiger partial charge < -0.3 is 10.1 Å². The summed E-state index contributed by atoms with van der Waals surface area (Å²) >= 11 is 0. The predicted molar refractivity (Wildman–Crippen MR) is 77.0 cm³/mol. The summed E-state index contributed by atoms with van der Waals surface area (Å²) in [5, 5.41) is 3.30. The van der Waals surface area contributed by atoms with E-state index in [1.807, 2.05) is 18.2 Å². The maximum Gasteiger partial charge on any atom is 0.163 e. The van der Waals surface area contributed by atoms with E-state index in [2.05, 4.69) is 19.2 Å². The lowest BCUT2D eigenvalue weighted by Crippen LogP contribution is -2.13. The molecule has 0 amide bonds. The molecule has 3 heteroatoms. The Balaban J connectivity index is 2.15. The first-order valence-corrected chi connectivity index (χ1v) is 7.03. The Morgan fingerprint density at radius 1 is 1.47 bits per heavy atom. The molecule has 1 aromatic carbocycles. The molecular formula is C16H23NO2. The molecule has 1 aliphatic rings. The molecule has 19 heavy (non-hydrogen) atoms. The maximum atomic E-state index is 12.3. The van der Waals surface area contributed by atoms with Crippen LogP contribution in [0.1, 0.15) is 48.5 Å². The zero-order chi connectivity index (χ0) is 13.8. The van der Waals surface area contributed by atoms with Crippen LogP contribution < -0.4 is 10.1 Å². The Bertz CT molecular complexity index is 448. The highest BCUT2D eigenvalue weighted by molar-refractivity contribution is 5.96. The van der Waals surface area contributed by atoms with Gasteiger partial charge in [-0.1, -0.05) is 13.8 Å². The molecule has 2 rings (SSSR count). The number of carbonyl (C=O) groups excluding carboxylic acids is 1. The van der Waals surface area contributed by atoms with Crippen molar-refractivity contribution in [3.63, 3.8) is 0 Å². The average Bonchev–Trinajstić information content (AvgIpc) is 2.90. The van der Waals surface area contributed by atoms with E-state index in [9.17, 15) is 4.79 Å². The molecule has 1 unspecified atom stereocenters. The lowest BCUT2D eigenvalue weighted by molar-refractivity contribution is 0.0964. The zero-order valence-electron chi connectivity index (χ0n) is 12.0. The predicted octanol–water partition coefficient (Wildman–Crippen LogP) is 3.00. The van der Waals surface area contributed by atoms with Crippen molar-refractivity contribution in [1.82, 2.24) is 5.32 Å². The highest BCUT2D eigenvalue weighted by Crippen LogP contribution is 2.28. The average molecular weight is 261 g/mol. The molecule has 3 nitrogen and oxygen atoms in total. The van der Waals surface area contributed by atoms with E-state index in [4.69, 9.17) is 4.74 Å². The van der Waals surface area contributed by atoms with E-state index in [0.29, 0.717) is 18.3 Å². The van der Waals surface area contributed by atoms with Gasteiger partial charge in [-0.05, 0) is 55.1 Å². The largest absolute Gasteiger partial charge is 0.496 e. The molecule has 1 N–H and O–H groups in total. The van der Waals surface area contributed by atoms with Gasteiger partial charge in [0.1, 0.15) is 5.75 Å². The third-order valence-electron chi connectivity index (χ3n) is 3.81. The van der Waals surface area contributed by atoms with Crippen LogP contribution in [0.3, 0.4) is 0 Å². The Morgan fingerprint density at radius 3 is 2.84 bits per heavy atom. The van der Waals surface area contributed by atoms with Crippen molar-refractivity contribution in [2.75, 3.05) is 20.2 Å². The van der Waals surface area contributed by atoms with Gasteiger partial charge in [-0.25, -0.2) is 0 Å². The SMILES string of the molecule is COc1ccc(C(=O)CC2CCNC2)cc1C(C)C. The van der Waals surface area contributed by atoms with Crippen molar-refractivity contribution < 1.29 is 9.53 Å². The summed E-state index contributed by atoms with van der Waals surface area (Å²) in [6.45, 7) is 6.25. The fraction of sp³-hybridized carbons (Fsp3) is 0.562. The monoisotopic (exact) mass is 261 g/mol. The molecule has 1 atom stereocenters. The molecule has 0 spiro atoms. The molecule has 0 aliphatic carbocycles. The van der Waals surface area contributed by atoms with Crippen molar-refractivity contribution in [2.45, 2.75) is 32.6 Å². The van der Waals surface area contributed by atoms with E-state index in [1.54, 1.807) is 7.11 Å². The number of ketones is 1. The van der Waals surface area contributed by atoms with Gasteiger partial charge in [0.25, 0.3) is 0 Å². The molecule has 1 heterocycles. The summed E-state index contributed by atoms with van der Waals surface area (Å²) in [6.07, 6.45) is 1.76. The molecular weight excluding hydrogens is 238 g/mol. The fourth-order valence-electron chi connectivity index (χ4n) is 2.63. The topological polar surface area (TPSA) is 38.3 Å². The van der Waals surface area contributed by atoms with E-state index in [-0.39, 0.29) is 5.78 Å². The quantitative estimate of drug-likeness (QED) is 0.828. The number of ether oxygens (including phenoxy) is 1. The molecule has 0 saturated carbocycles. The lowest BCUT2D eigenvalue weighted by atomic mass is 9.94. The number of carbonyl (C=O) groups is 1. The molecule has 0 aromatic heterocycles. The van der Waals surface area contributed by atoms with E-state index in [0.717, 1.165) is 36.4 Å². The van der Waals surface area contributed by atoms with Gasteiger partial charge in [0.05, 0.1) is 7.11 Å². The number of methoxy groups -OCH3 is 1. The summed E-state index contributed by atoms with van der Waals surface area (Å²) in [6, 6.07) is 5.79. The first-order chi connectivity index (χ1) is 9.11. The number of rotatable bonds is 5. The Morgan fingerprint density at radius 2 is 2.26 bits per heavy atom. The smallest absolute Gasteiger partial charge is 0.163 e. The van der Waals surface area contributed by atoms with E-state index < -0.39 is 0 Å². The van der Waals surface area contributed by atoms with Crippen molar-refractivity contribution in [3.05, 3.63) is 29.3 Å². The highest BCUT2D eigenvalue weighted by atomic mass is 16.5. The minimum absolute atomic E-state index is 0.248. The molecule has 1 aliphatic heterocycles. The summed E-state index contributed by atoms with van der Waals surface area (Å²) in [4.78, 5) is 12.3. The summed E-state index contributed by atoms with van der Waals surface area (Å²) in [5.74, 6) is 1.97. The molecule has 1 fully saturated rings. The van der Waals surface area contributed by atoms with Crippen LogP contribution >= 0.6 is 0 Å². The van der Waals surface area contributed by atoms with Crippen LogP contribution in [-0.2, 0) is 0 Å². The van der Waals surface area contributed by atoms with Crippen molar-refractivity contribution >= 4 is 5.78 Å². The van der Waals surface area contributed by atoms with Crippen LogP contribution in [0.4, 0.5) is 0 Å². The second-order valence-electron chi connectivity index (χ2n) is 5.60. The molecule has 1 aromatic rings. The van der Waals surface area contributed by atoms with Crippen molar-refractivity contribution in [1.29, 1.82) is 0 Å². The number of benzene rings is 1. The van der Waals surface area contributed by atoms with Crippen LogP contribution in [0.5, 0.6) is 5.75 Å². The normalized spacial score (nSPS) is 18.8. The second kappa shape index (κ2) is 6.20. The van der Waals surface area contributed by atoms with Gasteiger partial charge in [0.2, 0.25) is 0 Å². The lowest BCUT2D eigenvalue weighted by Gasteiger charge is -2.14. The summed E-state index contributed by atoms with van der Waals surface area (Å²) < 4.78 is 5.35. The van der Waals surface area contributed by atoms with Gasteiger partial charge in [0.15, 0.2) is 5.78 Å². The standard InChI is InChI=1S/C16H23NO2/c1-11(2)14-9-13(4-5-16(14)19-3)15(18)8-12-6-7-17-10-12/h4-5,9,11-12,17H,6-8,10H2,1-3H3. The molecule has 0 radical (unpaired) electrons. The summed E-state index contributed by atoms with van der Waals surface area (Å²) in [7, 11) is 1.67.